The minimum atomic E-state index is -0.554. The second-order valence-corrected chi connectivity index (χ2v) is 4.32. The van der Waals surface area contributed by atoms with Gasteiger partial charge in [0, 0.05) is 6.92 Å². The molecule has 0 radical (unpaired) electrons. The third kappa shape index (κ3) is 5.10. The molecule has 0 saturated carbocycles. The van der Waals surface area contributed by atoms with E-state index in [0.29, 0.717) is 5.57 Å². The Morgan fingerprint density at radius 1 is 1.20 bits per heavy atom. The topological polar surface area (TPSA) is 55.4 Å². The summed E-state index contributed by atoms with van der Waals surface area (Å²) in [5.41, 5.74) is 2.00. The fraction of sp³-hybridized carbons (Fsp3) is 0.250. The minimum Gasteiger partial charge on any atom is -0.464 e. The molecule has 1 N–H and O–H groups in total. The Balaban J connectivity index is 2.81. The number of methoxy groups -OCH3 is 1. The molecule has 0 saturated heterocycles. The summed E-state index contributed by atoms with van der Waals surface area (Å²) in [5, 5.41) is 2.49. The van der Waals surface area contributed by atoms with E-state index >= 15 is 0 Å². The lowest BCUT2D eigenvalue weighted by atomic mass is 10.1. The molecule has 0 unspecified atom stereocenters. The number of carbonyl (C=O) groups is 2. The smallest absolute Gasteiger partial charge is 0.354 e. The van der Waals surface area contributed by atoms with Crippen LogP contribution in [0.4, 0.5) is 0 Å². The van der Waals surface area contributed by atoms with Gasteiger partial charge in [-0.15, -0.1) is 0 Å². The summed E-state index contributed by atoms with van der Waals surface area (Å²) < 4.78 is 4.65. The van der Waals surface area contributed by atoms with Crippen molar-refractivity contribution in [2.24, 2.45) is 0 Å². The van der Waals surface area contributed by atoms with Crippen molar-refractivity contribution in [3.8, 4) is 0 Å². The van der Waals surface area contributed by atoms with E-state index < -0.39 is 5.97 Å². The molecule has 20 heavy (non-hydrogen) atoms. The van der Waals surface area contributed by atoms with Gasteiger partial charge in [0.15, 0.2) is 0 Å². The van der Waals surface area contributed by atoms with E-state index in [0.717, 1.165) is 6.42 Å². The predicted molar refractivity (Wildman–Crippen MR) is 77.8 cm³/mol. The van der Waals surface area contributed by atoms with E-state index in [1.165, 1.54) is 19.6 Å². The van der Waals surface area contributed by atoms with Gasteiger partial charge in [-0.1, -0.05) is 42.5 Å². The Kier molecular flexibility index (Phi) is 6.23. The highest BCUT2D eigenvalue weighted by Crippen LogP contribution is 2.07. The Labute approximate surface area is 119 Å². The molecular formula is C16H19NO3. The number of esters is 1. The average Bonchev–Trinajstić information content (AvgIpc) is 2.44. The molecule has 0 aliphatic heterocycles. The Morgan fingerprint density at radius 3 is 2.40 bits per heavy atom. The molecule has 1 aromatic carbocycles. The first kappa shape index (κ1) is 15.7. The largest absolute Gasteiger partial charge is 0.464 e. The molecule has 0 aromatic heterocycles. The Morgan fingerprint density at radius 2 is 1.85 bits per heavy atom. The van der Waals surface area contributed by atoms with Gasteiger partial charge in [0.2, 0.25) is 5.91 Å². The van der Waals surface area contributed by atoms with Gasteiger partial charge < -0.3 is 10.1 Å². The van der Waals surface area contributed by atoms with Crippen LogP contribution in [-0.2, 0) is 20.7 Å². The first-order chi connectivity index (χ1) is 9.54. The highest BCUT2D eigenvalue weighted by Gasteiger charge is 2.13. The van der Waals surface area contributed by atoms with Gasteiger partial charge in [0.05, 0.1) is 7.11 Å². The Bertz CT molecular complexity index is 530. The number of allylic oxidation sites excluding steroid dienone is 3. The molecule has 1 aromatic rings. The van der Waals surface area contributed by atoms with E-state index in [9.17, 15) is 9.59 Å². The molecule has 106 valence electrons. The van der Waals surface area contributed by atoms with Crippen molar-refractivity contribution in [2.75, 3.05) is 7.11 Å². The van der Waals surface area contributed by atoms with Crippen molar-refractivity contribution in [1.82, 2.24) is 5.32 Å². The quantitative estimate of drug-likeness (QED) is 0.509. The van der Waals surface area contributed by atoms with Crippen molar-refractivity contribution < 1.29 is 14.3 Å². The van der Waals surface area contributed by atoms with Crippen molar-refractivity contribution >= 4 is 11.9 Å². The molecule has 0 atom stereocenters. The molecule has 0 spiro atoms. The summed E-state index contributed by atoms with van der Waals surface area (Å²) in [6, 6.07) is 9.97. The van der Waals surface area contributed by atoms with Crippen LogP contribution in [0.25, 0.3) is 0 Å². The number of hydrogen-bond donors (Lipinski definition) is 1. The zero-order valence-corrected chi connectivity index (χ0v) is 12.0. The van der Waals surface area contributed by atoms with Crippen LogP contribution in [0.5, 0.6) is 0 Å². The number of carbonyl (C=O) groups excluding carboxylic acids is 2. The summed E-state index contributed by atoms with van der Waals surface area (Å²) in [6.45, 7) is 3.10. The number of rotatable bonds is 5. The van der Waals surface area contributed by atoms with Crippen LogP contribution in [0.2, 0.25) is 0 Å². The van der Waals surface area contributed by atoms with Crippen molar-refractivity contribution in [3.05, 3.63) is 59.3 Å². The van der Waals surface area contributed by atoms with E-state index in [2.05, 4.69) is 10.1 Å². The number of amides is 1. The number of benzene rings is 1. The van der Waals surface area contributed by atoms with Gasteiger partial charge in [-0.25, -0.2) is 4.79 Å². The third-order valence-corrected chi connectivity index (χ3v) is 2.65. The second kappa shape index (κ2) is 7.94. The molecule has 0 aliphatic carbocycles. The first-order valence-corrected chi connectivity index (χ1v) is 6.32. The van der Waals surface area contributed by atoms with Gasteiger partial charge in [0.1, 0.15) is 5.70 Å². The van der Waals surface area contributed by atoms with E-state index in [-0.39, 0.29) is 11.6 Å². The van der Waals surface area contributed by atoms with Gasteiger partial charge in [-0.05, 0) is 24.5 Å². The summed E-state index contributed by atoms with van der Waals surface area (Å²) in [7, 11) is 1.28. The molecular weight excluding hydrogens is 254 g/mol. The van der Waals surface area contributed by atoms with Crippen LogP contribution >= 0.6 is 0 Å². The molecule has 0 aliphatic rings. The van der Waals surface area contributed by atoms with Crippen molar-refractivity contribution in [1.29, 1.82) is 0 Å². The fourth-order valence-corrected chi connectivity index (χ4v) is 1.66. The molecule has 1 amide bonds. The summed E-state index contributed by atoms with van der Waals surface area (Å²) >= 11 is 0. The molecule has 1 rings (SSSR count). The van der Waals surface area contributed by atoms with E-state index in [1.807, 2.05) is 36.4 Å². The summed E-state index contributed by atoms with van der Waals surface area (Å²) in [4.78, 5) is 22.7. The van der Waals surface area contributed by atoms with Gasteiger partial charge in [-0.3, -0.25) is 4.79 Å². The minimum absolute atomic E-state index is 0.171. The van der Waals surface area contributed by atoms with Gasteiger partial charge in [-0.2, -0.15) is 0 Å². The lowest BCUT2D eigenvalue weighted by molar-refractivity contribution is -0.137. The van der Waals surface area contributed by atoms with E-state index in [4.69, 9.17) is 0 Å². The number of nitrogens with one attached hydrogen (secondary N) is 1. The SMILES string of the molecule is COC(=O)/C(NC(C)=O)=C(C)/C=C/Cc1ccccc1. The zero-order valence-electron chi connectivity index (χ0n) is 12.0. The number of hydrogen-bond acceptors (Lipinski definition) is 3. The van der Waals surface area contributed by atoms with Crippen molar-refractivity contribution in [2.45, 2.75) is 20.3 Å². The molecule has 0 bridgehead atoms. The van der Waals surface area contributed by atoms with Crippen molar-refractivity contribution in [3.63, 3.8) is 0 Å². The van der Waals surface area contributed by atoms with Crippen LogP contribution in [0.3, 0.4) is 0 Å². The maximum Gasteiger partial charge on any atom is 0.354 e. The molecule has 0 fully saturated rings. The zero-order chi connectivity index (χ0) is 15.0. The highest BCUT2D eigenvalue weighted by molar-refractivity contribution is 5.94. The molecule has 4 nitrogen and oxygen atoms in total. The molecule has 4 heteroatoms. The Hall–Kier alpha value is -2.36. The van der Waals surface area contributed by atoms with Crippen LogP contribution < -0.4 is 5.32 Å². The van der Waals surface area contributed by atoms with Crippen LogP contribution in [0, 0.1) is 0 Å². The third-order valence-electron chi connectivity index (χ3n) is 2.65. The predicted octanol–water partition coefficient (Wildman–Crippen LogP) is 2.37. The van der Waals surface area contributed by atoms with Gasteiger partial charge in [0.25, 0.3) is 0 Å². The maximum atomic E-state index is 11.6. The molecule has 0 heterocycles. The van der Waals surface area contributed by atoms with Gasteiger partial charge >= 0.3 is 5.97 Å². The summed E-state index contributed by atoms with van der Waals surface area (Å²) in [5.74, 6) is -0.858. The second-order valence-electron chi connectivity index (χ2n) is 4.32. The maximum absolute atomic E-state index is 11.6. The first-order valence-electron chi connectivity index (χ1n) is 6.32. The monoisotopic (exact) mass is 273 g/mol. The summed E-state index contributed by atoms with van der Waals surface area (Å²) in [6.07, 6.45) is 4.50. The highest BCUT2D eigenvalue weighted by atomic mass is 16.5. The van der Waals surface area contributed by atoms with Crippen LogP contribution in [-0.4, -0.2) is 19.0 Å². The van der Waals surface area contributed by atoms with Crippen LogP contribution in [0.1, 0.15) is 19.4 Å². The number of ether oxygens (including phenoxy) is 1. The average molecular weight is 273 g/mol. The van der Waals surface area contributed by atoms with E-state index in [1.54, 1.807) is 13.0 Å². The lowest BCUT2D eigenvalue weighted by Crippen LogP contribution is -2.26. The fourth-order valence-electron chi connectivity index (χ4n) is 1.66. The van der Waals surface area contributed by atoms with Crippen LogP contribution in [0.15, 0.2) is 53.8 Å². The lowest BCUT2D eigenvalue weighted by Gasteiger charge is -2.08. The standard InChI is InChI=1S/C16H19NO3/c1-12(15(16(19)20-3)17-13(2)18)8-7-11-14-9-5-4-6-10-14/h4-10H,11H2,1-3H3,(H,17,18)/b8-7+,15-12-. The normalized spacial score (nSPS) is 11.9.